The zero-order chi connectivity index (χ0) is 16.6. The first kappa shape index (κ1) is 19.8. The standard InChI is InChI=1S/C17H24N6S.HI/c18-16(20-8-4-7-19-15-5-2-1-3-6-15)22-10-12-23(13-11-22)17-21-9-14-24-17;/h1-3,5-6,9,14,19H,4,7-8,10-13H2,(H2,18,20);1H. The van der Waals surface area contributed by atoms with Crippen molar-refractivity contribution in [2.45, 2.75) is 6.42 Å². The Morgan fingerprint density at radius 3 is 2.64 bits per heavy atom. The number of hydrogen-bond acceptors (Lipinski definition) is 5. The van der Waals surface area contributed by atoms with Crippen LogP contribution in [0.3, 0.4) is 0 Å². The van der Waals surface area contributed by atoms with Gasteiger partial charge < -0.3 is 20.9 Å². The van der Waals surface area contributed by atoms with Crippen LogP contribution in [-0.2, 0) is 0 Å². The number of para-hydroxylation sites is 1. The number of hydrogen-bond donors (Lipinski definition) is 2. The number of halogens is 1. The number of anilines is 2. The molecule has 2 aromatic rings. The number of nitrogens with one attached hydrogen (secondary N) is 1. The summed E-state index contributed by atoms with van der Waals surface area (Å²) in [5.74, 6) is 0.661. The van der Waals surface area contributed by atoms with Gasteiger partial charge in [-0.2, -0.15) is 0 Å². The molecule has 3 rings (SSSR count). The Morgan fingerprint density at radius 1 is 1.20 bits per heavy atom. The van der Waals surface area contributed by atoms with Crippen LogP contribution in [0.25, 0.3) is 0 Å². The normalized spacial score (nSPS) is 15.0. The van der Waals surface area contributed by atoms with Crippen LogP contribution in [0, 0.1) is 0 Å². The summed E-state index contributed by atoms with van der Waals surface area (Å²) in [7, 11) is 0. The molecular weight excluding hydrogens is 447 g/mol. The molecule has 6 nitrogen and oxygen atoms in total. The van der Waals surface area contributed by atoms with Gasteiger partial charge in [0.05, 0.1) is 0 Å². The lowest BCUT2D eigenvalue weighted by Crippen LogP contribution is -2.51. The van der Waals surface area contributed by atoms with Gasteiger partial charge in [0.1, 0.15) is 0 Å². The lowest BCUT2D eigenvalue weighted by Gasteiger charge is -2.35. The summed E-state index contributed by atoms with van der Waals surface area (Å²) in [4.78, 5) is 13.3. The third kappa shape index (κ3) is 6.03. The third-order valence-corrected chi connectivity index (χ3v) is 4.84. The molecule has 2 heterocycles. The first-order chi connectivity index (χ1) is 11.8. The molecule has 0 atom stereocenters. The van der Waals surface area contributed by atoms with Crippen LogP contribution in [0.2, 0.25) is 0 Å². The highest BCUT2D eigenvalue weighted by molar-refractivity contribution is 14.0. The maximum Gasteiger partial charge on any atom is 0.191 e. The van der Waals surface area contributed by atoms with Gasteiger partial charge in [-0.3, -0.25) is 4.99 Å². The Bertz CT molecular complexity index is 626. The number of benzene rings is 1. The molecule has 25 heavy (non-hydrogen) atoms. The fraction of sp³-hybridized carbons (Fsp3) is 0.412. The highest BCUT2D eigenvalue weighted by atomic mass is 127. The molecule has 3 N–H and O–H groups in total. The van der Waals surface area contributed by atoms with E-state index in [-0.39, 0.29) is 24.0 Å². The predicted octanol–water partition coefficient (Wildman–Crippen LogP) is 2.70. The van der Waals surface area contributed by atoms with Crippen LogP contribution in [0.5, 0.6) is 0 Å². The van der Waals surface area contributed by atoms with Gasteiger partial charge in [0.2, 0.25) is 0 Å². The fourth-order valence-corrected chi connectivity index (χ4v) is 3.36. The van der Waals surface area contributed by atoms with E-state index in [0.717, 1.165) is 56.5 Å². The zero-order valence-electron chi connectivity index (χ0n) is 14.2. The molecule has 1 saturated heterocycles. The number of nitrogens with two attached hydrogens (primary N) is 1. The van der Waals surface area contributed by atoms with E-state index in [4.69, 9.17) is 5.73 Å². The number of nitrogens with zero attached hydrogens (tertiary/aromatic N) is 4. The van der Waals surface area contributed by atoms with Crippen LogP contribution in [-0.4, -0.2) is 55.1 Å². The fourth-order valence-electron chi connectivity index (χ4n) is 2.66. The second-order valence-corrected chi connectivity index (χ2v) is 6.55. The Hall–Kier alpha value is -1.55. The van der Waals surface area contributed by atoms with Crippen LogP contribution in [0.1, 0.15) is 6.42 Å². The predicted molar refractivity (Wildman–Crippen MR) is 117 cm³/mol. The number of aromatic nitrogens is 1. The molecule has 0 spiro atoms. The quantitative estimate of drug-likeness (QED) is 0.293. The van der Waals surface area contributed by atoms with Crippen molar-refractivity contribution in [1.82, 2.24) is 9.88 Å². The molecule has 0 saturated carbocycles. The second kappa shape index (κ2) is 10.4. The molecule has 0 unspecified atom stereocenters. The van der Waals surface area contributed by atoms with Crippen molar-refractivity contribution in [3.05, 3.63) is 41.9 Å². The summed E-state index contributed by atoms with van der Waals surface area (Å²) in [5, 5.41) is 6.49. The molecule has 1 aromatic carbocycles. The Balaban J connectivity index is 0.00000225. The number of thiazole rings is 1. The molecule has 136 valence electrons. The van der Waals surface area contributed by atoms with E-state index >= 15 is 0 Å². The van der Waals surface area contributed by atoms with Crippen molar-refractivity contribution in [1.29, 1.82) is 0 Å². The van der Waals surface area contributed by atoms with Crippen molar-refractivity contribution in [3.8, 4) is 0 Å². The van der Waals surface area contributed by atoms with E-state index in [1.54, 1.807) is 11.3 Å². The second-order valence-electron chi connectivity index (χ2n) is 5.68. The molecule has 0 aliphatic carbocycles. The van der Waals surface area contributed by atoms with E-state index in [1.807, 2.05) is 29.8 Å². The van der Waals surface area contributed by atoms with Gasteiger partial charge in [0.15, 0.2) is 11.1 Å². The summed E-state index contributed by atoms with van der Waals surface area (Å²) >= 11 is 1.68. The van der Waals surface area contributed by atoms with Gasteiger partial charge in [0, 0.05) is 56.5 Å². The van der Waals surface area contributed by atoms with Crippen LogP contribution in [0.4, 0.5) is 10.8 Å². The lowest BCUT2D eigenvalue weighted by molar-refractivity contribution is 0.380. The lowest BCUT2D eigenvalue weighted by atomic mass is 10.3. The van der Waals surface area contributed by atoms with Crippen molar-refractivity contribution >= 4 is 52.1 Å². The maximum atomic E-state index is 6.13. The zero-order valence-corrected chi connectivity index (χ0v) is 17.3. The highest BCUT2D eigenvalue weighted by Gasteiger charge is 2.19. The number of guanidine groups is 1. The Kier molecular flexibility index (Phi) is 8.26. The molecule has 1 aliphatic rings. The van der Waals surface area contributed by atoms with Crippen LogP contribution >= 0.6 is 35.3 Å². The number of aliphatic imine (C=N–C) groups is 1. The monoisotopic (exact) mass is 472 g/mol. The summed E-state index contributed by atoms with van der Waals surface area (Å²) in [6.07, 6.45) is 2.82. The van der Waals surface area contributed by atoms with Crippen molar-refractivity contribution in [2.24, 2.45) is 10.7 Å². The Morgan fingerprint density at radius 2 is 1.96 bits per heavy atom. The van der Waals surface area contributed by atoms with Gasteiger partial charge in [-0.25, -0.2) is 4.98 Å². The van der Waals surface area contributed by atoms with Gasteiger partial charge >= 0.3 is 0 Å². The van der Waals surface area contributed by atoms with Gasteiger partial charge in [-0.1, -0.05) is 18.2 Å². The first-order valence-electron chi connectivity index (χ1n) is 8.31. The van der Waals surface area contributed by atoms with Crippen molar-refractivity contribution in [2.75, 3.05) is 49.5 Å². The average Bonchev–Trinajstić information content (AvgIpc) is 3.17. The third-order valence-electron chi connectivity index (χ3n) is 4.01. The maximum absolute atomic E-state index is 6.13. The van der Waals surface area contributed by atoms with Crippen LogP contribution < -0.4 is 16.0 Å². The molecule has 8 heteroatoms. The van der Waals surface area contributed by atoms with E-state index in [1.165, 1.54) is 0 Å². The summed E-state index contributed by atoms with van der Waals surface area (Å²) in [5.41, 5.74) is 7.28. The Labute approximate surface area is 170 Å². The minimum absolute atomic E-state index is 0. The number of piperazine rings is 1. The smallest absolute Gasteiger partial charge is 0.191 e. The molecule has 0 bridgehead atoms. The number of rotatable bonds is 6. The van der Waals surface area contributed by atoms with Gasteiger partial charge in [0.25, 0.3) is 0 Å². The summed E-state index contributed by atoms with van der Waals surface area (Å²) < 4.78 is 0. The van der Waals surface area contributed by atoms with E-state index in [0.29, 0.717) is 5.96 Å². The molecule has 1 aromatic heterocycles. The van der Waals surface area contributed by atoms with Gasteiger partial charge in [-0.15, -0.1) is 35.3 Å². The molecule has 1 aliphatic heterocycles. The van der Waals surface area contributed by atoms with Crippen molar-refractivity contribution in [3.63, 3.8) is 0 Å². The summed E-state index contributed by atoms with van der Waals surface area (Å²) in [6, 6.07) is 10.2. The summed E-state index contributed by atoms with van der Waals surface area (Å²) in [6.45, 7) is 5.34. The van der Waals surface area contributed by atoms with E-state index in [9.17, 15) is 0 Å². The first-order valence-corrected chi connectivity index (χ1v) is 9.19. The molecular formula is C17H25IN6S. The minimum Gasteiger partial charge on any atom is -0.385 e. The average molecular weight is 472 g/mol. The topological polar surface area (TPSA) is 69.8 Å². The largest absolute Gasteiger partial charge is 0.385 e. The van der Waals surface area contributed by atoms with Crippen molar-refractivity contribution < 1.29 is 0 Å². The van der Waals surface area contributed by atoms with Crippen LogP contribution in [0.15, 0.2) is 46.9 Å². The van der Waals surface area contributed by atoms with E-state index in [2.05, 4.69) is 37.2 Å². The highest BCUT2D eigenvalue weighted by Crippen LogP contribution is 2.18. The molecule has 1 fully saturated rings. The minimum atomic E-state index is 0. The SMILES string of the molecule is I.NC(=NCCCNc1ccccc1)N1CCN(c2nccs2)CC1. The van der Waals surface area contributed by atoms with Gasteiger partial charge in [-0.05, 0) is 18.6 Å². The molecule has 0 amide bonds. The van der Waals surface area contributed by atoms with E-state index < -0.39 is 0 Å². The molecule has 0 radical (unpaired) electrons.